The van der Waals surface area contributed by atoms with E-state index in [0.29, 0.717) is 19.4 Å². The fraction of sp³-hybridized carbons (Fsp3) is 0.550. The summed E-state index contributed by atoms with van der Waals surface area (Å²) < 4.78 is 5.78. The molecule has 1 N–H and O–H groups in total. The number of hydrogen-bond donors (Lipinski definition) is 1. The highest BCUT2D eigenvalue weighted by Gasteiger charge is 2.08. The molecule has 1 aromatic rings. The quantitative estimate of drug-likeness (QED) is 0.551. The lowest BCUT2D eigenvalue weighted by molar-refractivity contribution is -0.120. The highest BCUT2D eigenvalue weighted by atomic mass is 16.5. The van der Waals surface area contributed by atoms with Gasteiger partial charge >= 0.3 is 0 Å². The summed E-state index contributed by atoms with van der Waals surface area (Å²) in [5, 5.41) is 2.64. The Morgan fingerprint density at radius 2 is 1.78 bits per heavy atom. The Morgan fingerprint density at radius 1 is 1.22 bits per heavy atom. The molecule has 0 aromatic heterocycles. The molecule has 0 fully saturated rings. The first-order valence-electron chi connectivity index (χ1n) is 8.63. The molecule has 0 aliphatic rings. The van der Waals surface area contributed by atoms with Gasteiger partial charge in [0.15, 0.2) is 0 Å². The van der Waals surface area contributed by atoms with Gasteiger partial charge in [-0.05, 0) is 49.4 Å². The molecule has 0 saturated carbocycles. The van der Waals surface area contributed by atoms with Crippen molar-refractivity contribution >= 4 is 5.91 Å². The lowest BCUT2D eigenvalue weighted by Gasteiger charge is -2.13. The van der Waals surface area contributed by atoms with Gasteiger partial charge < -0.3 is 10.1 Å². The molecule has 1 amide bonds. The van der Waals surface area contributed by atoms with Gasteiger partial charge in [-0.25, -0.2) is 0 Å². The zero-order valence-corrected chi connectivity index (χ0v) is 16.1. The summed E-state index contributed by atoms with van der Waals surface area (Å²) in [4.78, 5) is 11.3. The highest BCUT2D eigenvalue weighted by Crippen LogP contribution is 2.24. The van der Waals surface area contributed by atoms with Gasteiger partial charge in [0.05, 0.1) is 6.61 Å². The molecule has 0 spiro atoms. The van der Waals surface area contributed by atoms with Gasteiger partial charge in [0.2, 0.25) is 5.91 Å². The first-order valence-corrected chi connectivity index (χ1v) is 8.63. The second-order valence-electron chi connectivity index (χ2n) is 4.64. The molecule has 0 atom stereocenters. The number of nitrogens with one attached hydrogen (secondary N) is 1. The molecule has 0 saturated heterocycles. The smallest absolute Gasteiger partial charge is 0.220 e. The van der Waals surface area contributed by atoms with Crippen molar-refractivity contribution in [1.82, 2.24) is 5.32 Å². The summed E-state index contributed by atoms with van der Waals surface area (Å²) in [6, 6.07) is 4.17. The molecule has 1 aromatic carbocycles. The predicted molar refractivity (Wildman–Crippen MR) is 103 cm³/mol. The molecule has 0 aliphatic heterocycles. The maximum Gasteiger partial charge on any atom is 0.220 e. The molecule has 23 heavy (non-hydrogen) atoms. The van der Waals surface area contributed by atoms with Crippen LogP contribution in [0.2, 0.25) is 0 Å². The molecule has 0 radical (unpaired) electrons. The Bertz CT molecular complexity index is 459. The Balaban J connectivity index is -0.000000817. The largest absolute Gasteiger partial charge is 0.493 e. The second-order valence-corrected chi connectivity index (χ2v) is 4.64. The predicted octanol–water partition coefficient (Wildman–Crippen LogP) is 5.24. The van der Waals surface area contributed by atoms with Crippen molar-refractivity contribution < 1.29 is 11.0 Å². The Hall–Kier alpha value is -1.77. The van der Waals surface area contributed by atoms with Crippen molar-refractivity contribution in [3.8, 4) is 5.75 Å². The minimum Gasteiger partial charge on any atom is -0.493 e. The first kappa shape index (κ1) is 23.5. The Morgan fingerprint density at radius 3 is 2.30 bits per heavy atom. The lowest BCUT2D eigenvalue weighted by Crippen LogP contribution is -2.18. The average Bonchev–Trinajstić information content (AvgIpc) is 2.60. The summed E-state index contributed by atoms with van der Waals surface area (Å²) in [5.74, 6) is 0.934. The minimum absolute atomic E-state index is 0. The van der Waals surface area contributed by atoms with Crippen LogP contribution >= 0.6 is 0 Å². The van der Waals surface area contributed by atoms with E-state index >= 15 is 0 Å². The van der Waals surface area contributed by atoms with Crippen LogP contribution in [0, 0.1) is 13.8 Å². The number of rotatable bonds is 7. The molecular formula is C20H37NO2. The van der Waals surface area contributed by atoms with Crippen LogP contribution in [0.15, 0.2) is 24.8 Å². The van der Waals surface area contributed by atoms with Crippen LogP contribution in [0.3, 0.4) is 0 Å². The summed E-state index contributed by atoms with van der Waals surface area (Å²) in [7, 11) is 1.66. The molecule has 3 nitrogen and oxygen atoms in total. The van der Waals surface area contributed by atoms with E-state index in [1.807, 2.05) is 33.8 Å². The van der Waals surface area contributed by atoms with E-state index in [9.17, 15) is 4.79 Å². The van der Waals surface area contributed by atoms with Crippen molar-refractivity contribution in [1.29, 1.82) is 0 Å². The lowest BCUT2D eigenvalue weighted by atomic mass is 10.0. The third-order valence-corrected chi connectivity index (χ3v) is 3.16. The minimum atomic E-state index is 0. The van der Waals surface area contributed by atoms with Gasteiger partial charge in [0.25, 0.3) is 0 Å². The Kier molecular flexibility index (Phi) is 15.5. The van der Waals surface area contributed by atoms with Gasteiger partial charge in [-0.3, -0.25) is 4.79 Å². The summed E-state index contributed by atoms with van der Waals surface area (Å²) in [5.41, 5.74) is 3.52. The number of carbonyl (C=O) groups is 1. The maximum atomic E-state index is 11.3. The summed E-state index contributed by atoms with van der Waals surface area (Å²) in [6.07, 6.45) is 3.84. The normalized spacial score (nSPS) is 8.83. The highest BCUT2D eigenvalue weighted by molar-refractivity contribution is 5.75. The molecule has 0 heterocycles. The molecule has 1 rings (SSSR count). The number of amides is 1. The van der Waals surface area contributed by atoms with E-state index in [1.54, 1.807) is 7.05 Å². The van der Waals surface area contributed by atoms with Crippen molar-refractivity contribution in [2.45, 2.75) is 60.8 Å². The third-order valence-electron chi connectivity index (χ3n) is 3.16. The van der Waals surface area contributed by atoms with Gasteiger partial charge in [-0.2, -0.15) is 0 Å². The second kappa shape index (κ2) is 15.1. The van der Waals surface area contributed by atoms with E-state index in [4.69, 9.17) is 4.74 Å². The van der Waals surface area contributed by atoms with E-state index in [-0.39, 0.29) is 7.33 Å². The van der Waals surface area contributed by atoms with E-state index in [1.165, 1.54) is 11.1 Å². The van der Waals surface area contributed by atoms with E-state index in [0.717, 1.165) is 17.7 Å². The van der Waals surface area contributed by atoms with Gasteiger partial charge in [0, 0.05) is 14.9 Å². The number of benzene rings is 1. The summed E-state index contributed by atoms with van der Waals surface area (Å²) >= 11 is 0. The van der Waals surface area contributed by atoms with Crippen LogP contribution < -0.4 is 10.1 Å². The third kappa shape index (κ3) is 9.77. The zero-order chi connectivity index (χ0) is 18.3. The van der Waals surface area contributed by atoms with Crippen molar-refractivity contribution in [2.24, 2.45) is 0 Å². The van der Waals surface area contributed by atoms with Crippen LogP contribution in [0.25, 0.3) is 0 Å². The van der Waals surface area contributed by atoms with Gasteiger partial charge in [-0.15, -0.1) is 6.58 Å². The number of ether oxygens (including phenoxy) is 1. The van der Waals surface area contributed by atoms with Crippen molar-refractivity contribution in [2.75, 3.05) is 13.7 Å². The first-order chi connectivity index (χ1) is 11.1. The van der Waals surface area contributed by atoms with Crippen LogP contribution in [0.1, 0.15) is 58.7 Å². The fourth-order valence-corrected chi connectivity index (χ4v) is 1.80. The Labute approximate surface area is 144 Å². The van der Waals surface area contributed by atoms with Crippen LogP contribution in [0.5, 0.6) is 5.75 Å². The SMILES string of the molecule is C=CCCOc1cc(C)c(C)cc1CCC(=O)NC.CC.CC.[HH]. The number of carbonyl (C=O) groups excluding carboxylic acids is 1. The molecule has 0 bridgehead atoms. The standard InChI is InChI=1S/C16H23NO2.2C2H6.H2/c1-5-6-9-19-15-11-13(3)12(2)10-14(15)7-8-16(18)17-4;2*1-2;/h5,10-11H,1,6-9H2,2-4H3,(H,17,18);2*1-2H3;1H. The topological polar surface area (TPSA) is 38.3 Å². The monoisotopic (exact) mass is 323 g/mol. The molecular weight excluding hydrogens is 286 g/mol. The van der Waals surface area contributed by atoms with Gasteiger partial charge in [0.1, 0.15) is 5.75 Å². The fourth-order valence-electron chi connectivity index (χ4n) is 1.80. The number of hydrogen-bond acceptors (Lipinski definition) is 2. The van der Waals surface area contributed by atoms with Crippen LogP contribution in [-0.2, 0) is 11.2 Å². The van der Waals surface area contributed by atoms with E-state index in [2.05, 4.69) is 37.9 Å². The molecule has 0 unspecified atom stereocenters. The van der Waals surface area contributed by atoms with Crippen molar-refractivity contribution in [3.05, 3.63) is 41.5 Å². The maximum absolute atomic E-state index is 11.3. The van der Waals surface area contributed by atoms with Crippen molar-refractivity contribution in [3.63, 3.8) is 0 Å². The molecule has 3 heteroatoms. The van der Waals surface area contributed by atoms with E-state index < -0.39 is 0 Å². The molecule has 0 aliphatic carbocycles. The van der Waals surface area contributed by atoms with Gasteiger partial charge in [-0.1, -0.05) is 39.8 Å². The summed E-state index contributed by atoms with van der Waals surface area (Å²) in [6.45, 7) is 16.5. The van der Waals surface area contributed by atoms with Crippen LogP contribution in [0.4, 0.5) is 0 Å². The van der Waals surface area contributed by atoms with Crippen LogP contribution in [-0.4, -0.2) is 19.6 Å². The number of aryl methyl sites for hydroxylation is 3. The molecule has 134 valence electrons. The zero-order valence-electron chi connectivity index (χ0n) is 16.1. The average molecular weight is 324 g/mol.